The lowest BCUT2D eigenvalue weighted by Crippen LogP contribution is -2.31. The summed E-state index contributed by atoms with van der Waals surface area (Å²) in [5.41, 5.74) is 1.34. The van der Waals surface area contributed by atoms with Crippen molar-refractivity contribution in [2.45, 2.75) is 38.6 Å². The Kier molecular flexibility index (Phi) is 4.60. The largest absolute Gasteiger partial charge is 0.337 e. The van der Waals surface area contributed by atoms with Crippen LogP contribution >= 0.6 is 0 Å². The van der Waals surface area contributed by atoms with Crippen LogP contribution in [0.2, 0.25) is 0 Å². The van der Waals surface area contributed by atoms with Gasteiger partial charge in [-0.25, -0.2) is 14.2 Å². The standard InChI is InChI=1S/C17H21FN4O/c1-12-11-20-16(22(12)13-5-4-6-13)9-10-19-17(23)21-15-8-3-2-7-14(15)18/h2-3,7-8,11,13H,4-6,9-10H2,1H3,(H2,19,21,23). The summed E-state index contributed by atoms with van der Waals surface area (Å²) in [4.78, 5) is 16.3. The molecule has 2 amide bonds. The highest BCUT2D eigenvalue weighted by Crippen LogP contribution is 2.33. The van der Waals surface area contributed by atoms with Crippen LogP contribution in [0.4, 0.5) is 14.9 Å². The SMILES string of the molecule is Cc1cnc(CCNC(=O)Nc2ccccc2F)n1C1CCC1. The van der Waals surface area contributed by atoms with Gasteiger partial charge in [0.25, 0.3) is 0 Å². The summed E-state index contributed by atoms with van der Waals surface area (Å²) in [5.74, 6) is 0.553. The van der Waals surface area contributed by atoms with E-state index in [2.05, 4.69) is 27.1 Å². The van der Waals surface area contributed by atoms with Crippen LogP contribution in [0.5, 0.6) is 0 Å². The van der Waals surface area contributed by atoms with Crippen LogP contribution in [0.25, 0.3) is 0 Å². The number of hydrogen-bond donors (Lipinski definition) is 2. The van der Waals surface area contributed by atoms with Crippen molar-refractivity contribution in [2.75, 3.05) is 11.9 Å². The number of anilines is 1. The number of nitrogens with one attached hydrogen (secondary N) is 2. The van der Waals surface area contributed by atoms with E-state index in [1.807, 2.05) is 6.20 Å². The highest BCUT2D eigenvalue weighted by Gasteiger charge is 2.23. The Balaban J connectivity index is 1.52. The van der Waals surface area contributed by atoms with Crippen LogP contribution < -0.4 is 10.6 Å². The summed E-state index contributed by atoms with van der Waals surface area (Å²) in [6, 6.07) is 6.25. The second-order valence-corrected chi connectivity index (χ2v) is 5.88. The Morgan fingerprint density at radius 1 is 1.39 bits per heavy atom. The maximum Gasteiger partial charge on any atom is 0.319 e. The van der Waals surface area contributed by atoms with E-state index in [0.29, 0.717) is 19.0 Å². The predicted molar refractivity (Wildman–Crippen MR) is 87.0 cm³/mol. The highest BCUT2D eigenvalue weighted by molar-refractivity contribution is 5.89. The molecule has 0 saturated heterocycles. The van der Waals surface area contributed by atoms with Crippen molar-refractivity contribution < 1.29 is 9.18 Å². The van der Waals surface area contributed by atoms with Crippen LogP contribution in [-0.2, 0) is 6.42 Å². The van der Waals surface area contributed by atoms with Crippen LogP contribution in [0, 0.1) is 12.7 Å². The second-order valence-electron chi connectivity index (χ2n) is 5.88. The number of imidazole rings is 1. The molecule has 1 aliphatic carbocycles. The second kappa shape index (κ2) is 6.81. The molecular weight excluding hydrogens is 295 g/mol. The molecule has 6 heteroatoms. The Bertz CT molecular complexity index is 694. The van der Waals surface area contributed by atoms with Gasteiger partial charge in [0.2, 0.25) is 0 Å². The summed E-state index contributed by atoms with van der Waals surface area (Å²) in [7, 11) is 0. The van der Waals surface area contributed by atoms with E-state index < -0.39 is 11.8 Å². The molecule has 1 fully saturated rings. The molecule has 1 aromatic heterocycles. The van der Waals surface area contributed by atoms with Crippen LogP contribution in [-0.4, -0.2) is 22.1 Å². The minimum atomic E-state index is -0.446. The Morgan fingerprint density at radius 3 is 2.87 bits per heavy atom. The molecule has 1 aromatic carbocycles. The fourth-order valence-corrected chi connectivity index (χ4v) is 2.84. The quantitative estimate of drug-likeness (QED) is 0.888. The molecule has 1 heterocycles. The van der Waals surface area contributed by atoms with E-state index in [9.17, 15) is 9.18 Å². The number of hydrogen-bond acceptors (Lipinski definition) is 2. The van der Waals surface area contributed by atoms with E-state index in [4.69, 9.17) is 0 Å². The first-order valence-corrected chi connectivity index (χ1v) is 7.97. The third kappa shape index (κ3) is 3.52. The van der Waals surface area contributed by atoms with Crippen molar-refractivity contribution >= 4 is 11.7 Å². The van der Waals surface area contributed by atoms with E-state index in [-0.39, 0.29) is 5.69 Å². The van der Waals surface area contributed by atoms with E-state index in [0.717, 1.165) is 5.82 Å². The smallest absolute Gasteiger partial charge is 0.319 e. The molecule has 0 unspecified atom stereocenters. The highest BCUT2D eigenvalue weighted by atomic mass is 19.1. The fourth-order valence-electron chi connectivity index (χ4n) is 2.84. The molecule has 0 spiro atoms. The number of carbonyl (C=O) groups is 1. The first kappa shape index (κ1) is 15.5. The van der Waals surface area contributed by atoms with E-state index in [1.165, 1.54) is 37.1 Å². The van der Waals surface area contributed by atoms with E-state index >= 15 is 0 Å². The van der Waals surface area contributed by atoms with Gasteiger partial charge in [-0.05, 0) is 38.3 Å². The lowest BCUT2D eigenvalue weighted by Gasteiger charge is -2.29. The van der Waals surface area contributed by atoms with Crippen LogP contribution in [0.1, 0.15) is 36.8 Å². The summed E-state index contributed by atoms with van der Waals surface area (Å²) in [5, 5.41) is 5.26. The molecule has 122 valence electrons. The number of benzene rings is 1. The van der Waals surface area contributed by atoms with Gasteiger partial charge in [0.05, 0.1) is 5.69 Å². The number of para-hydroxylation sites is 1. The van der Waals surface area contributed by atoms with Gasteiger partial charge in [-0.15, -0.1) is 0 Å². The van der Waals surface area contributed by atoms with Crippen molar-refractivity contribution in [3.63, 3.8) is 0 Å². The zero-order valence-electron chi connectivity index (χ0n) is 13.2. The molecule has 2 N–H and O–H groups in total. The van der Waals surface area contributed by atoms with Crippen molar-refractivity contribution in [2.24, 2.45) is 0 Å². The monoisotopic (exact) mass is 316 g/mol. The van der Waals surface area contributed by atoms with Crippen LogP contribution in [0.3, 0.4) is 0 Å². The van der Waals surface area contributed by atoms with Crippen LogP contribution in [0.15, 0.2) is 30.5 Å². The van der Waals surface area contributed by atoms with E-state index in [1.54, 1.807) is 12.1 Å². The predicted octanol–water partition coefficient (Wildman–Crippen LogP) is 3.42. The number of aromatic nitrogens is 2. The molecule has 2 aromatic rings. The topological polar surface area (TPSA) is 59.0 Å². The zero-order valence-corrected chi connectivity index (χ0v) is 13.2. The molecular formula is C17H21FN4O. The number of nitrogens with zero attached hydrogens (tertiary/aromatic N) is 2. The number of halogens is 1. The minimum absolute atomic E-state index is 0.178. The maximum absolute atomic E-state index is 13.5. The number of urea groups is 1. The number of rotatable bonds is 5. The third-order valence-corrected chi connectivity index (χ3v) is 4.25. The lowest BCUT2D eigenvalue weighted by atomic mass is 9.92. The number of aryl methyl sites for hydroxylation is 1. The molecule has 3 rings (SSSR count). The van der Waals surface area contributed by atoms with Gasteiger partial charge < -0.3 is 15.2 Å². The maximum atomic E-state index is 13.5. The molecule has 0 atom stereocenters. The fraction of sp³-hybridized carbons (Fsp3) is 0.412. The zero-order chi connectivity index (χ0) is 16.2. The normalized spacial score (nSPS) is 14.3. The first-order valence-electron chi connectivity index (χ1n) is 7.97. The lowest BCUT2D eigenvalue weighted by molar-refractivity contribution is 0.252. The van der Waals surface area contributed by atoms with Crippen molar-refractivity contribution in [1.82, 2.24) is 14.9 Å². The third-order valence-electron chi connectivity index (χ3n) is 4.25. The molecule has 0 radical (unpaired) electrons. The minimum Gasteiger partial charge on any atom is -0.337 e. The van der Waals surface area contributed by atoms with Gasteiger partial charge in [0.15, 0.2) is 0 Å². The van der Waals surface area contributed by atoms with Crippen molar-refractivity contribution in [1.29, 1.82) is 0 Å². The average Bonchev–Trinajstić information content (AvgIpc) is 2.82. The summed E-state index contributed by atoms with van der Waals surface area (Å²) < 4.78 is 15.7. The summed E-state index contributed by atoms with van der Waals surface area (Å²) in [6.07, 6.45) is 6.21. The van der Waals surface area contributed by atoms with Gasteiger partial charge >= 0.3 is 6.03 Å². The van der Waals surface area contributed by atoms with Gasteiger partial charge in [-0.1, -0.05) is 12.1 Å². The van der Waals surface area contributed by atoms with Gasteiger partial charge in [0, 0.05) is 30.9 Å². The summed E-state index contributed by atoms with van der Waals surface area (Å²) in [6.45, 7) is 2.52. The molecule has 5 nitrogen and oxygen atoms in total. The molecule has 0 aliphatic heterocycles. The Labute approximate surface area is 134 Å². The average molecular weight is 316 g/mol. The Morgan fingerprint density at radius 2 is 2.17 bits per heavy atom. The Hall–Kier alpha value is -2.37. The van der Waals surface area contributed by atoms with Gasteiger partial charge in [-0.3, -0.25) is 0 Å². The van der Waals surface area contributed by atoms with Crippen molar-refractivity contribution in [3.05, 3.63) is 47.8 Å². The molecule has 1 aliphatic rings. The number of carbonyl (C=O) groups excluding carboxylic acids is 1. The molecule has 1 saturated carbocycles. The van der Waals surface area contributed by atoms with Gasteiger partial charge in [-0.2, -0.15) is 0 Å². The number of amides is 2. The molecule has 0 bridgehead atoms. The molecule has 23 heavy (non-hydrogen) atoms. The summed E-state index contributed by atoms with van der Waals surface area (Å²) >= 11 is 0. The van der Waals surface area contributed by atoms with Crippen molar-refractivity contribution in [3.8, 4) is 0 Å². The van der Waals surface area contributed by atoms with Gasteiger partial charge in [0.1, 0.15) is 11.6 Å². The first-order chi connectivity index (χ1) is 11.1.